The van der Waals surface area contributed by atoms with Crippen LogP contribution in [0.25, 0.3) is 0 Å². The third kappa shape index (κ3) is 6.03. The molecule has 1 unspecified atom stereocenters. The third-order valence-electron chi connectivity index (χ3n) is 3.74. The Morgan fingerprint density at radius 2 is 1.88 bits per heavy atom. The number of pyridine rings is 1. The molecule has 1 aromatic heterocycles. The smallest absolute Gasteiger partial charge is 0.220 e. The molecule has 0 bridgehead atoms. The van der Waals surface area contributed by atoms with Gasteiger partial charge < -0.3 is 10.1 Å². The number of amides is 1. The Balaban J connectivity index is 1.80. The minimum absolute atomic E-state index is 0.0531. The minimum Gasteiger partial charge on any atom is -0.494 e. The van der Waals surface area contributed by atoms with Crippen molar-refractivity contribution in [2.45, 2.75) is 39.2 Å². The first-order valence-electron chi connectivity index (χ1n) is 8.56. The van der Waals surface area contributed by atoms with Crippen LogP contribution in [0.5, 0.6) is 5.75 Å². The topological polar surface area (TPSA) is 68.3 Å². The number of Topliss-reactive ketones (excluding diaryl/α,β-unsaturated/α-hetero) is 1. The van der Waals surface area contributed by atoms with E-state index in [-0.39, 0.29) is 30.6 Å². The van der Waals surface area contributed by atoms with Gasteiger partial charge in [-0.15, -0.1) is 0 Å². The monoisotopic (exact) mass is 340 g/mol. The standard InChI is InChI=1S/C20H24N2O3/c1-3-14-25-17-9-7-16(8-10-17)19(23)11-12-20(24)22-15(2)18-6-4-5-13-21-18/h4-10,13,15H,3,11-12,14H2,1-2H3,(H,22,24). The van der Waals surface area contributed by atoms with Gasteiger partial charge in [0.1, 0.15) is 5.75 Å². The lowest BCUT2D eigenvalue weighted by Gasteiger charge is -2.13. The van der Waals surface area contributed by atoms with E-state index in [1.165, 1.54) is 0 Å². The molecule has 0 fully saturated rings. The number of nitrogens with one attached hydrogen (secondary N) is 1. The molecule has 1 amide bonds. The molecule has 1 heterocycles. The van der Waals surface area contributed by atoms with Gasteiger partial charge in [-0.1, -0.05) is 13.0 Å². The van der Waals surface area contributed by atoms with Gasteiger partial charge >= 0.3 is 0 Å². The van der Waals surface area contributed by atoms with E-state index < -0.39 is 0 Å². The zero-order valence-corrected chi connectivity index (χ0v) is 14.7. The molecule has 2 rings (SSSR count). The summed E-state index contributed by atoms with van der Waals surface area (Å²) < 4.78 is 5.49. The van der Waals surface area contributed by atoms with Crippen molar-refractivity contribution in [2.24, 2.45) is 0 Å². The Morgan fingerprint density at radius 3 is 2.52 bits per heavy atom. The number of aromatic nitrogens is 1. The number of benzene rings is 1. The summed E-state index contributed by atoms with van der Waals surface area (Å²) in [5.41, 5.74) is 1.39. The summed E-state index contributed by atoms with van der Waals surface area (Å²) in [6.45, 7) is 4.57. The van der Waals surface area contributed by atoms with Gasteiger partial charge in [0.2, 0.25) is 5.91 Å². The van der Waals surface area contributed by atoms with Gasteiger partial charge in [-0.2, -0.15) is 0 Å². The second kappa shape index (κ2) is 9.57. The summed E-state index contributed by atoms with van der Waals surface area (Å²) >= 11 is 0. The number of hydrogen-bond acceptors (Lipinski definition) is 4. The number of rotatable bonds is 9. The summed E-state index contributed by atoms with van der Waals surface area (Å²) in [5, 5.41) is 2.86. The second-order valence-electron chi connectivity index (χ2n) is 5.84. The van der Waals surface area contributed by atoms with Crippen LogP contribution < -0.4 is 10.1 Å². The quantitative estimate of drug-likeness (QED) is 0.707. The van der Waals surface area contributed by atoms with Crippen LogP contribution in [0, 0.1) is 0 Å². The van der Waals surface area contributed by atoms with Crippen molar-refractivity contribution in [3.8, 4) is 5.75 Å². The molecule has 0 saturated carbocycles. The number of ether oxygens (including phenoxy) is 1. The van der Waals surface area contributed by atoms with Gasteiger partial charge in [0.25, 0.3) is 0 Å². The predicted octanol–water partition coefficient (Wildman–Crippen LogP) is 3.71. The maximum absolute atomic E-state index is 12.2. The van der Waals surface area contributed by atoms with Gasteiger partial charge in [0, 0.05) is 24.6 Å². The van der Waals surface area contributed by atoms with Crippen LogP contribution >= 0.6 is 0 Å². The van der Waals surface area contributed by atoms with Gasteiger partial charge in [0.05, 0.1) is 18.3 Å². The highest BCUT2D eigenvalue weighted by Crippen LogP contribution is 2.15. The van der Waals surface area contributed by atoms with Gasteiger partial charge in [-0.25, -0.2) is 0 Å². The van der Waals surface area contributed by atoms with Crippen molar-refractivity contribution in [2.75, 3.05) is 6.61 Å². The molecule has 5 nitrogen and oxygen atoms in total. The van der Waals surface area contributed by atoms with Crippen molar-refractivity contribution in [1.82, 2.24) is 10.3 Å². The van der Waals surface area contributed by atoms with E-state index in [1.54, 1.807) is 30.5 Å². The molecule has 2 aromatic rings. The molecule has 0 aliphatic rings. The molecule has 1 N–H and O–H groups in total. The lowest BCUT2D eigenvalue weighted by Crippen LogP contribution is -2.27. The average molecular weight is 340 g/mol. The average Bonchev–Trinajstić information content (AvgIpc) is 2.65. The highest BCUT2D eigenvalue weighted by molar-refractivity contribution is 5.98. The summed E-state index contributed by atoms with van der Waals surface area (Å²) in [5.74, 6) is 0.539. The van der Waals surface area contributed by atoms with Gasteiger partial charge in [-0.05, 0) is 49.7 Å². The van der Waals surface area contributed by atoms with Gasteiger partial charge in [-0.3, -0.25) is 14.6 Å². The van der Waals surface area contributed by atoms with Crippen LogP contribution in [0.2, 0.25) is 0 Å². The molecule has 25 heavy (non-hydrogen) atoms. The maximum Gasteiger partial charge on any atom is 0.220 e. The largest absolute Gasteiger partial charge is 0.494 e. The van der Waals surface area contributed by atoms with E-state index in [0.717, 1.165) is 17.9 Å². The van der Waals surface area contributed by atoms with Crippen LogP contribution in [0.3, 0.4) is 0 Å². The predicted molar refractivity (Wildman–Crippen MR) is 96.6 cm³/mol. The molecule has 0 aliphatic carbocycles. The van der Waals surface area contributed by atoms with E-state index >= 15 is 0 Å². The lowest BCUT2D eigenvalue weighted by molar-refractivity contribution is -0.121. The van der Waals surface area contributed by atoms with Crippen molar-refractivity contribution in [3.05, 3.63) is 59.9 Å². The van der Waals surface area contributed by atoms with E-state index in [1.807, 2.05) is 32.0 Å². The summed E-state index contributed by atoms with van der Waals surface area (Å²) in [7, 11) is 0. The zero-order chi connectivity index (χ0) is 18.1. The van der Waals surface area contributed by atoms with Crippen LogP contribution in [0.4, 0.5) is 0 Å². The molecule has 132 valence electrons. The summed E-state index contributed by atoms with van der Waals surface area (Å²) in [4.78, 5) is 28.4. The van der Waals surface area contributed by atoms with E-state index in [4.69, 9.17) is 4.74 Å². The molecule has 0 aliphatic heterocycles. The molecule has 0 spiro atoms. The maximum atomic E-state index is 12.2. The minimum atomic E-state index is -0.182. The number of carbonyl (C=O) groups excluding carboxylic acids is 2. The lowest BCUT2D eigenvalue weighted by atomic mass is 10.1. The van der Waals surface area contributed by atoms with E-state index in [9.17, 15) is 9.59 Å². The number of ketones is 1. The van der Waals surface area contributed by atoms with Crippen LogP contribution in [-0.2, 0) is 4.79 Å². The molecule has 0 radical (unpaired) electrons. The first kappa shape index (κ1) is 18.6. The van der Waals surface area contributed by atoms with Crippen molar-refractivity contribution < 1.29 is 14.3 Å². The highest BCUT2D eigenvalue weighted by Gasteiger charge is 2.13. The first-order valence-corrected chi connectivity index (χ1v) is 8.56. The Kier molecular flexibility index (Phi) is 7.14. The van der Waals surface area contributed by atoms with Crippen molar-refractivity contribution in [1.29, 1.82) is 0 Å². The fourth-order valence-corrected chi connectivity index (χ4v) is 2.35. The van der Waals surface area contributed by atoms with Crippen molar-refractivity contribution >= 4 is 11.7 Å². The van der Waals surface area contributed by atoms with Crippen LogP contribution in [0.1, 0.15) is 55.2 Å². The van der Waals surface area contributed by atoms with Crippen LogP contribution in [0.15, 0.2) is 48.7 Å². The normalized spacial score (nSPS) is 11.6. The molecular weight excluding hydrogens is 316 g/mol. The van der Waals surface area contributed by atoms with Gasteiger partial charge in [0.15, 0.2) is 5.78 Å². The van der Waals surface area contributed by atoms with E-state index in [0.29, 0.717) is 12.2 Å². The fraction of sp³-hybridized carbons (Fsp3) is 0.350. The fourth-order valence-electron chi connectivity index (χ4n) is 2.35. The van der Waals surface area contributed by atoms with Crippen molar-refractivity contribution in [3.63, 3.8) is 0 Å². The third-order valence-corrected chi connectivity index (χ3v) is 3.74. The first-order chi connectivity index (χ1) is 12.1. The summed E-state index contributed by atoms with van der Waals surface area (Å²) in [6, 6.07) is 12.4. The Hall–Kier alpha value is -2.69. The van der Waals surface area contributed by atoms with Crippen LogP contribution in [-0.4, -0.2) is 23.3 Å². The zero-order valence-electron chi connectivity index (χ0n) is 14.7. The molecule has 1 atom stereocenters. The van der Waals surface area contributed by atoms with E-state index in [2.05, 4.69) is 10.3 Å². The molecule has 5 heteroatoms. The number of hydrogen-bond donors (Lipinski definition) is 1. The summed E-state index contributed by atoms with van der Waals surface area (Å²) in [6.07, 6.45) is 2.96. The Labute approximate surface area is 148 Å². The Morgan fingerprint density at radius 1 is 1.12 bits per heavy atom. The molecule has 1 aromatic carbocycles. The molecular formula is C20H24N2O3. The molecule has 0 saturated heterocycles. The second-order valence-corrected chi connectivity index (χ2v) is 5.84. The Bertz CT molecular complexity index is 684. The SMILES string of the molecule is CCCOc1ccc(C(=O)CCC(=O)NC(C)c2ccccn2)cc1. The number of carbonyl (C=O) groups is 2. The number of nitrogens with zero attached hydrogens (tertiary/aromatic N) is 1. The highest BCUT2D eigenvalue weighted by atomic mass is 16.5.